The number of aromatic nitrogens is 3. The molecular weight excluding hydrogens is 512 g/mol. The number of thiazole rings is 1. The van der Waals surface area contributed by atoms with Crippen molar-refractivity contribution in [3.63, 3.8) is 0 Å². The summed E-state index contributed by atoms with van der Waals surface area (Å²) < 4.78 is 7.80. The number of nitrogens with zero attached hydrogens (tertiary/aromatic N) is 4. The Morgan fingerprint density at radius 3 is 2.70 bits per heavy atom. The number of Topliss-reactive ketones (excluding diaryl/α,β-unsaturated/α-hetero) is 1. The van der Waals surface area contributed by atoms with Gasteiger partial charge in [0.1, 0.15) is 17.1 Å². The number of imidazole rings is 1. The molecule has 0 aliphatic carbocycles. The lowest BCUT2D eigenvalue weighted by Gasteiger charge is -2.23. The predicted molar refractivity (Wildman–Crippen MR) is 142 cm³/mol. The molecule has 6 rings (SSSR count). The summed E-state index contributed by atoms with van der Waals surface area (Å²) in [6.45, 7) is 1.74. The maximum Gasteiger partial charge on any atom is 0.301 e. The SMILES string of the molecule is COc1ccc2nc(N3C(=O)C(=O)/C(=C(/O)c4c(C)nc5ccccn45)C3c3cccc(Cl)c3)sc2c1. The number of pyridine rings is 1. The van der Waals surface area contributed by atoms with Crippen molar-refractivity contribution in [2.75, 3.05) is 12.0 Å². The summed E-state index contributed by atoms with van der Waals surface area (Å²) >= 11 is 7.57. The van der Waals surface area contributed by atoms with Crippen molar-refractivity contribution >= 4 is 61.4 Å². The minimum Gasteiger partial charge on any atom is -0.505 e. The van der Waals surface area contributed by atoms with Crippen LogP contribution in [0.25, 0.3) is 21.6 Å². The standard InChI is InChI=1S/C27H19ClN4O4S/c1-14-22(31-11-4-3-8-20(31)29-14)24(33)21-23(15-6-5-7-16(28)12-15)32(26(35)25(21)34)27-30-18-10-9-17(36-2)13-19(18)37-27/h3-13,23,33H,1-2H3/b24-21+. The topological polar surface area (TPSA) is 97.0 Å². The Morgan fingerprint density at radius 1 is 1.08 bits per heavy atom. The van der Waals surface area contributed by atoms with Crippen LogP contribution in [0.2, 0.25) is 5.02 Å². The van der Waals surface area contributed by atoms with Gasteiger partial charge in [0.2, 0.25) is 0 Å². The van der Waals surface area contributed by atoms with Crippen LogP contribution in [0.15, 0.2) is 72.4 Å². The molecule has 1 atom stereocenters. The third-order valence-corrected chi connectivity index (χ3v) is 7.58. The average molecular weight is 531 g/mol. The van der Waals surface area contributed by atoms with E-state index in [-0.39, 0.29) is 11.3 Å². The summed E-state index contributed by atoms with van der Waals surface area (Å²) in [5.74, 6) is -1.27. The highest BCUT2D eigenvalue weighted by Crippen LogP contribution is 2.45. The number of ketones is 1. The lowest BCUT2D eigenvalue weighted by Crippen LogP contribution is -2.29. The van der Waals surface area contributed by atoms with Gasteiger partial charge in [-0.05, 0) is 55.0 Å². The van der Waals surface area contributed by atoms with E-state index in [0.717, 1.165) is 4.70 Å². The van der Waals surface area contributed by atoms with Gasteiger partial charge in [-0.15, -0.1) is 0 Å². The molecule has 1 amide bonds. The highest BCUT2D eigenvalue weighted by atomic mass is 35.5. The Hall–Kier alpha value is -4.21. The number of amides is 1. The number of halogens is 1. The molecule has 0 saturated carbocycles. The Labute approximate surface area is 220 Å². The van der Waals surface area contributed by atoms with Crippen LogP contribution in [0.5, 0.6) is 5.75 Å². The summed E-state index contributed by atoms with van der Waals surface area (Å²) in [5.41, 5.74) is 2.64. The smallest absolute Gasteiger partial charge is 0.301 e. The fraction of sp³-hybridized carbons (Fsp3) is 0.111. The molecule has 0 spiro atoms. The van der Waals surface area contributed by atoms with Gasteiger partial charge in [0.15, 0.2) is 10.9 Å². The third kappa shape index (κ3) is 3.66. The first-order valence-corrected chi connectivity index (χ1v) is 12.5. The highest BCUT2D eigenvalue weighted by Gasteiger charge is 2.48. The summed E-state index contributed by atoms with van der Waals surface area (Å²) in [4.78, 5) is 37.5. The maximum absolute atomic E-state index is 13.5. The molecule has 1 unspecified atom stereocenters. The van der Waals surface area contributed by atoms with Gasteiger partial charge in [0.25, 0.3) is 5.78 Å². The molecule has 8 nitrogen and oxygen atoms in total. The molecule has 1 saturated heterocycles. The summed E-state index contributed by atoms with van der Waals surface area (Å²) in [6, 6.07) is 16.8. The van der Waals surface area contributed by atoms with Crippen LogP contribution >= 0.6 is 22.9 Å². The number of ether oxygens (including phenoxy) is 1. The van der Waals surface area contributed by atoms with Crippen LogP contribution in [0.4, 0.5) is 5.13 Å². The van der Waals surface area contributed by atoms with E-state index in [4.69, 9.17) is 16.3 Å². The lowest BCUT2D eigenvalue weighted by molar-refractivity contribution is -0.132. The van der Waals surface area contributed by atoms with E-state index in [1.54, 1.807) is 73.2 Å². The number of fused-ring (bicyclic) bond motifs is 2. The molecule has 2 aromatic carbocycles. The largest absolute Gasteiger partial charge is 0.505 e. The number of hydrogen-bond donors (Lipinski definition) is 1. The van der Waals surface area contributed by atoms with Crippen LogP contribution in [0.1, 0.15) is 23.0 Å². The van der Waals surface area contributed by atoms with Gasteiger partial charge in [0.05, 0.1) is 34.6 Å². The lowest BCUT2D eigenvalue weighted by atomic mass is 9.96. The van der Waals surface area contributed by atoms with Crippen molar-refractivity contribution in [1.82, 2.24) is 14.4 Å². The first-order chi connectivity index (χ1) is 17.9. The second-order valence-corrected chi connectivity index (χ2v) is 9.97. The van der Waals surface area contributed by atoms with E-state index >= 15 is 0 Å². The molecule has 37 heavy (non-hydrogen) atoms. The van der Waals surface area contributed by atoms with Crippen molar-refractivity contribution < 1.29 is 19.4 Å². The Kier molecular flexibility index (Phi) is 5.47. The van der Waals surface area contributed by atoms with Gasteiger partial charge in [0, 0.05) is 11.2 Å². The minimum atomic E-state index is -0.949. The Morgan fingerprint density at radius 2 is 1.92 bits per heavy atom. The normalized spacial score (nSPS) is 17.3. The van der Waals surface area contributed by atoms with Gasteiger partial charge in [-0.2, -0.15) is 0 Å². The average Bonchev–Trinajstić information content (AvgIpc) is 3.54. The monoisotopic (exact) mass is 530 g/mol. The van der Waals surface area contributed by atoms with Crippen LogP contribution in [0.3, 0.4) is 0 Å². The van der Waals surface area contributed by atoms with E-state index in [1.165, 1.54) is 16.2 Å². The number of carbonyl (C=O) groups is 2. The minimum absolute atomic E-state index is 0.0575. The van der Waals surface area contributed by atoms with Crippen LogP contribution < -0.4 is 9.64 Å². The van der Waals surface area contributed by atoms with Gasteiger partial charge >= 0.3 is 5.91 Å². The first-order valence-electron chi connectivity index (χ1n) is 11.3. The second-order valence-electron chi connectivity index (χ2n) is 8.53. The fourth-order valence-corrected chi connectivity index (χ4v) is 5.89. The highest BCUT2D eigenvalue weighted by molar-refractivity contribution is 7.22. The molecule has 184 valence electrons. The molecule has 1 aliphatic heterocycles. The zero-order chi connectivity index (χ0) is 25.8. The zero-order valence-electron chi connectivity index (χ0n) is 19.7. The molecule has 5 aromatic rings. The number of hydrogen-bond acceptors (Lipinski definition) is 7. The molecule has 10 heteroatoms. The second kappa shape index (κ2) is 8.72. The molecule has 0 radical (unpaired) electrons. The van der Waals surface area contributed by atoms with Crippen molar-refractivity contribution in [3.8, 4) is 5.75 Å². The predicted octanol–water partition coefficient (Wildman–Crippen LogP) is 5.54. The number of rotatable bonds is 4. The third-order valence-electron chi connectivity index (χ3n) is 6.33. The van der Waals surface area contributed by atoms with E-state index in [2.05, 4.69) is 9.97 Å². The molecule has 0 bridgehead atoms. The Bertz CT molecular complexity index is 1770. The van der Waals surface area contributed by atoms with Crippen LogP contribution in [-0.2, 0) is 9.59 Å². The van der Waals surface area contributed by atoms with Crippen molar-refractivity contribution in [3.05, 3.63) is 94.4 Å². The molecule has 1 N–H and O–H groups in total. The molecule has 1 aliphatic rings. The first kappa shape index (κ1) is 23.2. The number of benzene rings is 2. The Balaban J connectivity index is 1.60. The number of aliphatic hydroxyl groups excluding tert-OH is 1. The quantitative estimate of drug-likeness (QED) is 0.186. The number of aryl methyl sites for hydroxylation is 1. The van der Waals surface area contributed by atoms with Crippen molar-refractivity contribution in [1.29, 1.82) is 0 Å². The molecule has 4 heterocycles. The van der Waals surface area contributed by atoms with Crippen LogP contribution in [0, 0.1) is 6.92 Å². The van der Waals surface area contributed by atoms with E-state index in [0.29, 0.717) is 44.0 Å². The summed E-state index contributed by atoms with van der Waals surface area (Å²) in [6.07, 6.45) is 1.75. The van der Waals surface area contributed by atoms with Gasteiger partial charge in [-0.25, -0.2) is 9.97 Å². The molecular formula is C27H19ClN4O4S. The van der Waals surface area contributed by atoms with Gasteiger partial charge in [-0.3, -0.25) is 18.9 Å². The van der Waals surface area contributed by atoms with E-state index in [9.17, 15) is 14.7 Å². The molecule has 3 aromatic heterocycles. The number of methoxy groups -OCH3 is 1. The summed E-state index contributed by atoms with van der Waals surface area (Å²) in [7, 11) is 1.57. The number of carbonyl (C=O) groups excluding carboxylic acids is 2. The van der Waals surface area contributed by atoms with Crippen LogP contribution in [-0.4, -0.2) is 38.3 Å². The van der Waals surface area contributed by atoms with E-state index < -0.39 is 17.7 Å². The van der Waals surface area contributed by atoms with Gasteiger partial charge in [-0.1, -0.05) is 41.1 Å². The maximum atomic E-state index is 13.5. The van der Waals surface area contributed by atoms with Crippen molar-refractivity contribution in [2.24, 2.45) is 0 Å². The number of aliphatic hydroxyl groups is 1. The zero-order valence-corrected chi connectivity index (χ0v) is 21.2. The summed E-state index contributed by atoms with van der Waals surface area (Å²) in [5, 5.41) is 12.4. The van der Waals surface area contributed by atoms with E-state index in [1.807, 2.05) is 12.1 Å². The van der Waals surface area contributed by atoms with Crippen molar-refractivity contribution in [2.45, 2.75) is 13.0 Å². The fourth-order valence-electron chi connectivity index (χ4n) is 4.67. The number of anilines is 1. The van der Waals surface area contributed by atoms with Gasteiger partial charge < -0.3 is 9.84 Å². The molecule has 1 fully saturated rings.